The lowest BCUT2D eigenvalue weighted by Gasteiger charge is -2.24. The number of carboxylic acids is 1. The summed E-state index contributed by atoms with van der Waals surface area (Å²) < 4.78 is 11.5. The third kappa shape index (κ3) is 7.96. The normalized spacial score (nSPS) is 14.5. The number of hydrogen-bond acceptors (Lipinski definition) is 9. The van der Waals surface area contributed by atoms with Crippen LogP contribution in [0.1, 0.15) is 83.6 Å². The van der Waals surface area contributed by atoms with Crippen molar-refractivity contribution in [3.8, 4) is 17.5 Å². The van der Waals surface area contributed by atoms with E-state index in [1.54, 1.807) is 24.3 Å². The van der Waals surface area contributed by atoms with Gasteiger partial charge in [0.2, 0.25) is 5.89 Å². The zero-order chi connectivity index (χ0) is 34.2. The van der Waals surface area contributed by atoms with Crippen LogP contribution >= 0.6 is 11.3 Å². The number of hydrazone groups is 1. The van der Waals surface area contributed by atoms with Crippen LogP contribution in [0.4, 0.5) is 5.69 Å². The second-order valence-electron chi connectivity index (χ2n) is 11.8. The van der Waals surface area contributed by atoms with E-state index in [0.717, 1.165) is 57.8 Å². The van der Waals surface area contributed by atoms with Gasteiger partial charge < -0.3 is 14.3 Å². The molecule has 49 heavy (non-hydrogen) atoms. The standard InChI is InChI=1S/C39H36N4O5S/c1-2-3-4-5-6-9-22-47-39(46)28-14-12-26(13-15-28)34-24-33(36-21-20-31(49-36)23-29(25-40)38(44)45)42-43(34)30-18-16-27(17-19-30)37-41-32-10-7-8-11-35(32)48-37/h7-8,10-21,23,34H,2-6,9,22,24H2,1H3,(H,44,45)/b29-23+. The Morgan fingerprint density at radius 2 is 1.76 bits per heavy atom. The van der Waals surface area contributed by atoms with Crippen molar-refractivity contribution in [3.05, 3.63) is 111 Å². The number of carboxylic acid groups (broad SMARTS) is 1. The van der Waals surface area contributed by atoms with Crippen molar-refractivity contribution in [3.63, 3.8) is 0 Å². The number of aliphatic carboxylic acids is 1. The Morgan fingerprint density at radius 3 is 2.49 bits per heavy atom. The molecule has 10 heteroatoms. The van der Waals surface area contributed by atoms with Gasteiger partial charge in [0, 0.05) is 16.9 Å². The number of ether oxygens (including phenoxy) is 1. The molecule has 0 aliphatic carbocycles. The van der Waals surface area contributed by atoms with Gasteiger partial charge in [0.25, 0.3) is 0 Å². The van der Waals surface area contributed by atoms with Crippen molar-refractivity contribution in [2.75, 3.05) is 11.6 Å². The zero-order valence-corrected chi connectivity index (χ0v) is 28.0. The van der Waals surface area contributed by atoms with E-state index in [1.165, 1.54) is 36.7 Å². The van der Waals surface area contributed by atoms with E-state index in [0.29, 0.717) is 29.4 Å². The molecule has 1 N–H and O–H groups in total. The Kier molecular flexibility index (Phi) is 10.6. The maximum absolute atomic E-state index is 12.8. The number of carbonyl (C=O) groups excluding carboxylic acids is 1. The number of benzene rings is 3. The fourth-order valence-electron chi connectivity index (χ4n) is 5.75. The highest BCUT2D eigenvalue weighted by atomic mass is 32.1. The molecule has 3 aromatic carbocycles. The molecule has 5 aromatic rings. The van der Waals surface area contributed by atoms with Gasteiger partial charge in [0.1, 0.15) is 17.2 Å². The minimum atomic E-state index is -1.27. The Morgan fingerprint density at radius 1 is 1.00 bits per heavy atom. The van der Waals surface area contributed by atoms with Crippen LogP contribution in [0.2, 0.25) is 0 Å². The van der Waals surface area contributed by atoms with E-state index in [2.05, 4.69) is 11.9 Å². The maximum Gasteiger partial charge on any atom is 0.346 e. The summed E-state index contributed by atoms with van der Waals surface area (Å²) >= 11 is 1.38. The molecule has 3 heterocycles. The van der Waals surface area contributed by atoms with Crippen LogP contribution in [-0.2, 0) is 9.53 Å². The van der Waals surface area contributed by atoms with Gasteiger partial charge in [-0.2, -0.15) is 10.4 Å². The number of nitrogens with zero attached hydrogens (tertiary/aromatic N) is 4. The molecule has 0 saturated carbocycles. The summed E-state index contributed by atoms with van der Waals surface area (Å²) in [5.74, 6) is -1.06. The molecule has 0 spiro atoms. The van der Waals surface area contributed by atoms with Gasteiger partial charge >= 0.3 is 11.9 Å². The first-order valence-electron chi connectivity index (χ1n) is 16.5. The third-order valence-electron chi connectivity index (χ3n) is 8.39. The van der Waals surface area contributed by atoms with Crippen LogP contribution in [0, 0.1) is 11.3 Å². The maximum atomic E-state index is 12.8. The summed E-state index contributed by atoms with van der Waals surface area (Å²) in [6, 6.07) is 28.2. The van der Waals surface area contributed by atoms with Gasteiger partial charge in [0.05, 0.1) is 34.5 Å². The predicted molar refractivity (Wildman–Crippen MR) is 191 cm³/mol. The quantitative estimate of drug-likeness (QED) is 0.0535. The van der Waals surface area contributed by atoms with Gasteiger partial charge in [-0.25, -0.2) is 14.6 Å². The Hall–Kier alpha value is -5.53. The number of unbranched alkanes of at least 4 members (excludes halogenated alkanes) is 5. The second-order valence-corrected chi connectivity index (χ2v) is 13.0. The van der Waals surface area contributed by atoms with Crippen LogP contribution in [-0.4, -0.2) is 34.3 Å². The van der Waals surface area contributed by atoms with Gasteiger partial charge in [0.15, 0.2) is 5.58 Å². The Balaban J connectivity index is 1.22. The number of nitriles is 1. The molecule has 0 saturated heterocycles. The van der Waals surface area contributed by atoms with Crippen molar-refractivity contribution in [2.24, 2.45) is 5.10 Å². The first-order chi connectivity index (χ1) is 23.9. The molecule has 0 bridgehead atoms. The van der Waals surface area contributed by atoms with Gasteiger partial charge in [-0.3, -0.25) is 5.01 Å². The molecule has 0 fully saturated rings. The zero-order valence-electron chi connectivity index (χ0n) is 27.2. The van der Waals surface area contributed by atoms with Gasteiger partial charge in [-0.05, 0) is 78.7 Å². The number of anilines is 1. The van der Waals surface area contributed by atoms with Crippen molar-refractivity contribution in [2.45, 2.75) is 57.9 Å². The van der Waals surface area contributed by atoms with E-state index < -0.39 is 5.97 Å². The molecule has 248 valence electrons. The average molecular weight is 673 g/mol. The van der Waals surface area contributed by atoms with Crippen LogP contribution in [0.15, 0.2) is 100 Å². The van der Waals surface area contributed by atoms with Crippen molar-refractivity contribution in [1.82, 2.24) is 4.98 Å². The number of carbonyl (C=O) groups is 2. The Labute approximate surface area is 288 Å². The number of fused-ring (bicyclic) bond motifs is 1. The van der Waals surface area contributed by atoms with E-state index in [4.69, 9.17) is 14.3 Å². The van der Waals surface area contributed by atoms with Crippen LogP contribution in [0.5, 0.6) is 0 Å². The van der Waals surface area contributed by atoms with Gasteiger partial charge in [-0.15, -0.1) is 11.3 Å². The number of esters is 1. The molecule has 1 aliphatic heterocycles. The summed E-state index contributed by atoms with van der Waals surface area (Å²) in [5, 5.41) is 25.5. The predicted octanol–water partition coefficient (Wildman–Crippen LogP) is 9.42. The van der Waals surface area contributed by atoms with Crippen LogP contribution in [0.3, 0.4) is 0 Å². The van der Waals surface area contributed by atoms with Gasteiger partial charge in [-0.1, -0.05) is 63.3 Å². The molecule has 1 atom stereocenters. The summed E-state index contributed by atoms with van der Waals surface area (Å²) in [6.45, 7) is 2.61. The monoisotopic (exact) mass is 672 g/mol. The molecule has 0 amide bonds. The summed E-state index contributed by atoms with van der Waals surface area (Å²) in [5.41, 5.74) is 5.19. The van der Waals surface area contributed by atoms with Crippen molar-refractivity contribution < 1.29 is 23.8 Å². The van der Waals surface area contributed by atoms with E-state index in [-0.39, 0.29) is 17.6 Å². The SMILES string of the molecule is CCCCCCCCOC(=O)c1ccc(C2CC(c3ccc(/C=C(\C#N)C(=O)O)s3)=NN2c2ccc(-c3nc4ccccc4o3)cc2)cc1. The highest BCUT2D eigenvalue weighted by Crippen LogP contribution is 2.39. The number of oxazole rings is 1. The lowest BCUT2D eigenvalue weighted by Crippen LogP contribution is -2.18. The lowest BCUT2D eigenvalue weighted by molar-refractivity contribution is -0.132. The molecule has 1 unspecified atom stereocenters. The summed E-state index contributed by atoms with van der Waals surface area (Å²) in [6.07, 6.45) is 8.69. The molecular weight excluding hydrogens is 637 g/mol. The number of aromatic nitrogens is 1. The van der Waals surface area contributed by atoms with Crippen molar-refractivity contribution in [1.29, 1.82) is 5.26 Å². The average Bonchev–Trinajstić information content (AvgIpc) is 3.89. The molecule has 6 rings (SSSR count). The molecular formula is C39H36N4O5S. The first-order valence-corrected chi connectivity index (χ1v) is 17.3. The lowest BCUT2D eigenvalue weighted by atomic mass is 9.99. The van der Waals surface area contributed by atoms with E-state index >= 15 is 0 Å². The smallest absolute Gasteiger partial charge is 0.346 e. The van der Waals surface area contributed by atoms with E-state index in [1.807, 2.05) is 71.7 Å². The summed E-state index contributed by atoms with van der Waals surface area (Å²) in [7, 11) is 0. The first kappa shape index (κ1) is 33.4. The number of para-hydroxylation sites is 2. The van der Waals surface area contributed by atoms with Crippen molar-refractivity contribution >= 4 is 51.9 Å². The topological polar surface area (TPSA) is 129 Å². The minimum absolute atomic E-state index is 0.173. The highest BCUT2D eigenvalue weighted by Gasteiger charge is 2.31. The number of thiophene rings is 1. The Bertz CT molecular complexity index is 2000. The highest BCUT2D eigenvalue weighted by molar-refractivity contribution is 7.15. The van der Waals surface area contributed by atoms with Crippen LogP contribution < -0.4 is 5.01 Å². The molecule has 1 aliphatic rings. The second kappa shape index (κ2) is 15.6. The summed E-state index contributed by atoms with van der Waals surface area (Å²) in [4.78, 5) is 30.3. The third-order valence-corrected chi connectivity index (χ3v) is 9.48. The fourth-order valence-corrected chi connectivity index (χ4v) is 6.70. The molecule has 0 radical (unpaired) electrons. The molecule has 9 nitrogen and oxygen atoms in total. The van der Waals surface area contributed by atoms with E-state index in [9.17, 15) is 20.0 Å². The fraction of sp³-hybridized carbons (Fsp3) is 0.256. The number of rotatable bonds is 14. The van der Waals surface area contributed by atoms with Crippen LogP contribution in [0.25, 0.3) is 28.6 Å². The number of hydrogen-bond donors (Lipinski definition) is 1. The molecule has 2 aromatic heterocycles. The minimum Gasteiger partial charge on any atom is -0.477 e. The largest absolute Gasteiger partial charge is 0.477 e.